The average molecular weight is 482 g/mol. The molecule has 1 aromatic heterocycles. The number of nitrogens with one attached hydrogen (secondary N) is 2. The fourth-order valence-electron chi connectivity index (χ4n) is 4.49. The van der Waals surface area contributed by atoms with Crippen LogP contribution in [0.15, 0.2) is 41.0 Å². The van der Waals surface area contributed by atoms with Gasteiger partial charge >= 0.3 is 0 Å². The average Bonchev–Trinajstić information content (AvgIpc) is 3.37. The third-order valence-corrected chi connectivity index (χ3v) is 6.44. The quantitative estimate of drug-likeness (QED) is 0.637. The second-order valence-electron chi connectivity index (χ2n) is 9.01. The maximum atomic E-state index is 13.1. The number of piperazine rings is 2. The van der Waals surface area contributed by atoms with E-state index >= 15 is 0 Å². The Labute approximate surface area is 204 Å². The second kappa shape index (κ2) is 10.7. The minimum atomic E-state index is -0.858. The molecule has 4 amide bonds. The van der Waals surface area contributed by atoms with Crippen molar-refractivity contribution in [3.05, 3.63) is 53.5 Å². The fraction of sp³-hybridized carbons (Fsp3) is 0.440. The Balaban J connectivity index is 1.32. The number of aryl methyl sites for hydroxylation is 2. The Morgan fingerprint density at radius 1 is 1.09 bits per heavy atom. The van der Waals surface area contributed by atoms with Gasteiger partial charge in [0.25, 0.3) is 5.91 Å². The van der Waals surface area contributed by atoms with E-state index in [9.17, 15) is 19.2 Å². The Kier molecular flexibility index (Phi) is 7.50. The van der Waals surface area contributed by atoms with Gasteiger partial charge in [-0.1, -0.05) is 17.7 Å². The van der Waals surface area contributed by atoms with E-state index in [4.69, 9.17) is 4.42 Å². The van der Waals surface area contributed by atoms with Gasteiger partial charge < -0.3 is 24.9 Å². The number of anilines is 1. The van der Waals surface area contributed by atoms with Gasteiger partial charge in [0.05, 0.1) is 19.2 Å². The normalized spacial score (nSPS) is 18.8. The monoisotopic (exact) mass is 481 g/mol. The maximum absolute atomic E-state index is 13.1. The molecule has 0 bridgehead atoms. The van der Waals surface area contributed by atoms with Crippen LogP contribution in [0.3, 0.4) is 0 Å². The zero-order valence-electron chi connectivity index (χ0n) is 20.1. The number of carbonyl (C=O) groups is 4. The summed E-state index contributed by atoms with van der Waals surface area (Å²) in [5.74, 6) is -0.703. The molecule has 2 saturated heterocycles. The van der Waals surface area contributed by atoms with Crippen molar-refractivity contribution in [1.82, 2.24) is 20.0 Å². The number of carbonyl (C=O) groups excluding carboxylic acids is 4. The van der Waals surface area contributed by atoms with Crippen LogP contribution < -0.4 is 10.6 Å². The third kappa shape index (κ3) is 5.89. The van der Waals surface area contributed by atoms with E-state index in [1.165, 1.54) is 11.2 Å². The van der Waals surface area contributed by atoms with Crippen molar-refractivity contribution in [2.45, 2.75) is 26.3 Å². The van der Waals surface area contributed by atoms with Gasteiger partial charge in [0.1, 0.15) is 6.04 Å². The summed E-state index contributed by atoms with van der Waals surface area (Å²) >= 11 is 0. The minimum absolute atomic E-state index is 0.115. The molecule has 0 unspecified atom stereocenters. The maximum Gasteiger partial charge on any atom is 0.289 e. The molecule has 4 rings (SSSR count). The van der Waals surface area contributed by atoms with Crippen molar-refractivity contribution < 1.29 is 23.6 Å². The highest BCUT2D eigenvalue weighted by molar-refractivity contribution is 5.98. The highest BCUT2D eigenvalue weighted by Crippen LogP contribution is 2.18. The molecule has 2 aromatic rings. The molecular formula is C25H31N5O5. The SMILES string of the molecule is Cc1ccc(NC(=O)C[C@@H]2C(=O)NCCN2C(=O)CN2CCN(C(=O)c3ccco3)CC2)c(C)c1. The van der Waals surface area contributed by atoms with E-state index in [-0.39, 0.29) is 36.6 Å². The summed E-state index contributed by atoms with van der Waals surface area (Å²) in [6.45, 7) is 6.76. The number of hydrogen-bond donors (Lipinski definition) is 2. The molecule has 1 atom stereocenters. The summed E-state index contributed by atoms with van der Waals surface area (Å²) in [5.41, 5.74) is 2.72. The lowest BCUT2D eigenvalue weighted by Crippen LogP contribution is -2.60. The summed E-state index contributed by atoms with van der Waals surface area (Å²) in [4.78, 5) is 56.1. The number of furan rings is 1. The van der Waals surface area contributed by atoms with Gasteiger partial charge in [0.2, 0.25) is 17.7 Å². The topological polar surface area (TPSA) is 115 Å². The number of hydrogen-bond acceptors (Lipinski definition) is 6. The van der Waals surface area contributed by atoms with Crippen molar-refractivity contribution in [2.24, 2.45) is 0 Å². The zero-order chi connectivity index (χ0) is 24.9. The molecule has 0 spiro atoms. The largest absolute Gasteiger partial charge is 0.459 e. The Bertz CT molecular complexity index is 1090. The van der Waals surface area contributed by atoms with Crippen LogP contribution >= 0.6 is 0 Å². The van der Waals surface area contributed by atoms with Crippen LogP contribution in [-0.2, 0) is 14.4 Å². The third-order valence-electron chi connectivity index (χ3n) is 6.44. The van der Waals surface area contributed by atoms with Crippen molar-refractivity contribution in [3.63, 3.8) is 0 Å². The number of benzene rings is 1. The molecule has 1 aromatic carbocycles. The zero-order valence-corrected chi connectivity index (χ0v) is 20.1. The number of rotatable bonds is 6. The predicted octanol–water partition coefficient (Wildman–Crippen LogP) is 1.01. The highest BCUT2D eigenvalue weighted by atomic mass is 16.3. The molecule has 3 heterocycles. The Hall–Kier alpha value is -3.66. The molecular weight excluding hydrogens is 450 g/mol. The molecule has 0 radical (unpaired) electrons. The van der Waals surface area contributed by atoms with E-state index < -0.39 is 6.04 Å². The van der Waals surface area contributed by atoms with Crippen LogP contribution in [0.2, 0.25) is 0 Å². The lowest BCUT2D eigenvalue weighted by molar-refractivity contribution is -0.145. The minimum Gasteiger partial charge on any atom is -0.459 e. The van der Waals surface area contributed by atoms with Gasteiger partial charge in [-0.05, 0) is 37.6 Å². The molecule has 10 heteroatoms. The summed E-state index contributed by atoms with van der Waals surface area (Å²) in [6, 6.07) is 8.17. The van der Waals surface area contributed by atoms with Crippen LogP contribution in [0.5, 0.6) is 0 Å². The van der Waals surface area contributed by atoms with E-state index in [0.717, 1.165) is 11.1 Å². The van der Waals surface area contributed by atoms with Crippen molar-refractivity contribution in [2.75, 3.05) is 51.1 Å². The molecule has 0 aliphatic carbocycles. The van der Waals surface area contributed by atoms with Gasteiger partial charge in [-0.25, -0.2) is 0 Å². The molecule has 2 fully saturated rings. The molecule has 0 saturated carbocycles. The fourth-order valence-corrected chi connectivity index (χ4v) is 4.49. The first-order chi connectivity index (χ1) is 16.8. The molecule has 10 nitrogen and oxygen atoms in total. The summed E-state index contributed by atoms with van der Waals surface area (Å²) < 4.78 is 5.19. The number of amides is 4. The van der Waals surface area contributed by atoms with Gasteiger partial charge in [-0.15, -0.1) is 0 Å². The Morgan fingerprint density at radius 3 is 2.54 bits per heavy atom. The molecule has 35 heavy (non-hydrogen) atoms. The smallest absolute Gasteiger partial charge is 0.289 e. The van der Waals surface area contributed by atoms with Gasteiger partial charge in [-0.2, -0.15) is 0 Å². The first kappa shape index (κ1) is 24.5. The lowest BCUT2D eigenvalue weighted by atomic mass is 10.1. The van der Waals surface area contributed by atoms with Gasteiger partial charge in [0.15, 0.2) is 5.76 Å². The van der Waals surface area contributed by atoms with Crippen LogP contribution in [0.4, 0.5) is 5.69 Å². The van der Waals surface area contributed by atoms with E-state index in [1.807, 2.05) is 36.9 Å². The van der Waals surface area contributed by atoms with Crippen molar-refractivity contribution in [3.8, 4) is 0 Å². The summed E-state index contributed by atoms with van der Waals surface area (Å²) in [6.07, 6.45) is 1.35. The van der Waals surface area contributed by atoms with Crippen molar-refractivity contribution in [1.29, 1.82) is 0 Å². The van der Waals surface area contributed by atoms with E-state index in [1.54, 1.807) is 17.0 Å². The predicted molar refractivity (Wildman–Crippen MR) is 129 cm³/mol. The first-order valence-electron chi connectivity index (χ1n) is 11.8. The lowest BCUT2D eigenvalue weighted by Gasteiger charge is -2.38. The standard InChI is InChI=1S/C25H31N5O5/c1-17-5-6-19(18(2)14-17)27-22(31)15-20-24(33)26-7-8-30(20)23(32)16-28-9-11-29(12-10-28)25(34)21-4-3-13-35-21/h3-6,13-14,20H,7-12,15-16H2,1-2H3,(H,26,33)(H,27,31)/t20-/m1/s1. The van der Waals surface area contributed by atoms with Crippen molar-refractivity contribution >= 4 is 29.3 Å². The van der Waals surface area contributed by atoms with Gasteiger partial charge in [-0.3, -0.25) is 24.1 Å². The van der Waals surface area contributed by atoms with Crippen LogP contribution in [0.1, 0.15) is 28.1 Å². The first-order valence-corrected chi connectivity index (χ1v) is 11.8. The molecule has 2 aliphatic rings. The van der Waals surface area contributed by atoms with E-state index in [2.05, 4.69) is 10.6 Å². The summed E-state index contributed by atoms with van der Waals surface area (Å²) in [5, 5.41) is 5.62. The molecule has 186 valence electrons. The second-order valence-corrected chi connectivity index (χ2v) is 9.01. The molecule has 2 aliphatic heterocycles. The molecule has 2 N–H and O–H groups in total. The van der Waals surface area contributed by atoms with Gasteiger partial charge in [0, 0.05) is 45.0 Å². The Morgan fingerprint density at radius 2 is 1.86 bits per heavy atom. The van der Waals surface area contributed by atoms with E-state index in [0.29, 0.717) is 50.7 Å². The summed E-state index contributed by atoms with van der Waals surface area (Å²) in [7, 11) is 0. The van der Waals surface area contributed by atoms with Crippen LogP contribution in [0, 0.1) is 13.8 Å². The highest BCUT2D eigenvalue weighted by Gasteiger charge is 2.35. The number of nitrogens with zero attached hydrogens (tertiary/aromatic N) is 3. The van der Waals surface area contributed by atoms with Crippen LogP contribution in [-0.4, -0.2) is 90.2 Å². The van der Waals surface area contributed by atoms with Crippen LogP contribution in [0.25, 0.3) is 0 Å².